The first kappa shape index (κ1) is 25.4. The molecule has 0 aromatic heterocycles. The molecule has 1 nitrogen and oxygen atoms in total. The van der Waals surface area contributed by atoms with Crippen LogP contribution in [0.1, 0.15) is 15.9 Å². The molecule has 0 bridgehead atoms. The maximum absolute atomic E-state index is 12.4. The molecule has 0 aliphatic heterocycles. The summed E-state index contributed by atoms with van der Waals surface area (Å²) < 4.78 is 0. The van der Waals surface area contributed by atoms with E-state index in [1.807, 2.05) is 133 Å². The zero-order valence-electron chi connectivity index (χ0n) is 16.3. The van der Waals surface area contributed by atoms with Crippen LogP contribution < -0.4 is 0 Å². The van der Waals surface area contributed by atoms with E-state index in [1.54, 1.807) is 0 Å². The molecule has 0 spiro atoms. The number of hydrogen-bond donors (Lipinski definition) is 0. The van der Waals surface area contributed by atoms with E-state index in [9.17, 15) is 4.79 Å². The van der Waals surface area contributed by atoms with Crippen molar-refractivity contribution in [3.8, 4) is 11.1 Å². The molecule has 0 saturated carbocycles. The van der Waals surface area contributed by atoms with Crippen LogP contribution in [0.25, 0.3) is 11.1 Å². The summed E-state index contributed by atoms with van der Waals surface area (Å²) in [6.45, 7) is 0. The Morgan fingerprint density at radius 1 is 0.600 bits per heavy atom. The van der Waals surface area contributed by atoms with Gasteiger partial charge in [-0.3, -0.25) is 0 Å². The number of benzene rings is 1. The molecular formula is C27H22Fe2O. The Balaban J connectivity index is 0.000000310. The van der Waals surface area contributed by atoms with Gasteiger partial charge in [0, 0.05) is 0 Å². The Labute approximate surface area is 199 Å². The van der Waals surface area contributed by atoms with Crippen molar-refractivity contribution in [1.29, 1.82) is 0 Å². The Hall–Kier alpha value is -2.67. The fourth-order valence-electron chi connectivity index (χ4n) is 2.81. The van der Waals surface area contributed by atoms with E-state index in [2.05, 4.69) is 0 Å². The first-order valence-corrected chi connectivity index (χ1v) is 9.27. The van der Waals surface area contributed by atoms with E-state index in [0.29, 0.717) is 0 Å². The average Bonchev–Trinajstić information content (AvgIpc) is 3.57. The second-order valence-electron chi connectivity index (χ2n) is 6.15. The molecule has 5 aromatic rings. The van der Waals surface area contributed by atoms with Gasteiger partial charge in [-0.2, -0.15) is 90.0 Å². The van der Waals surface area contributed by atoms with Crippen LogP contribution in [0.15, 0.2) is 133 Å². The Morgan fingerprint density at radius 3 is 1.60 bits per heavy atom. The van der Waals surface area contributed by atoms with Gasteiger partial charge in [0.2, 0.25) is 0 Å². The quantitative estimate of drug-likeness (QED) is 0.159. The number of carbonyl (C=O) groups is 1. The van der Waals surface area contributed by atoms with Crippen molar-refractivity contribution >= 4 is 5.78 Å². The molecule has 0 amide bonds. The molecule has 152 valence electrons. The second-order valence-corrected chi connectivity index (χ2v) is 6.15. The fraction of sp³-hybridized carbons (Fsp3) is 0. The smallest absolute Gasteiger partial charge is 0.336 e. The topological polar surface area (TPSA) is 17.1 Å². The molecule has 0 N–H and O–H groups in total. The van der Waals surface area contributed by atoms with Crippen molar-refractivity contribution < 1.29 is 38.9 Å². The Kier molecular flexibility index (Phi) is 12.1. The van der Waals surface area contributed by atoms with Crippen LogP contribution in [-0.2, 0) is 34.1 Å². The van der Waals surface area contributed by atoms with E-state index in [4.69, 9.17) is 0 Å². The van der Waals surface area contributed by atoms with Gasteiger partial charge in [-0.05, 0) is 5.56 Å². The van der Waals surface area contributed by atoms with Crippen molar-refractivity contribution in [1.82, 2.24) is 0 Å². The minimum Gasteiger partial charge on any atom is -0.336 e. The van der Waals surface area contributed by atoms with Crippen LogP contribution in [0, 0.1) is 0 Å². The summed E-state index contributed by atoms with van der Waals surface area (Å²) in [5, 5.41) is 0. The van der Waals surface area contributed by atoms with Crippen LogP contribution in [0.3, 0.4) is 0 Å². The van der Waals surface area contributed by atoms with Crippen LogP contribution in [0.5, 0.6) is 0 Å². The summed E-state index contributed by atoms with van der Waals surface area (Å²) in [5.41, 5.74) is 3.61. The third-order valence-corrected chi connectivity index (χ3v) is 4.18. The molecule has 0 unspecified atom stereocenters. The summed E-state index contributed by atoms with van der Waals surface area (Å²) >= 11 is 0. The third-order valence-electron chi connectivity index (χ3n) is 4.18. The first-order valence-electron chi connectivity index (χ1n) is 9.27. The summed E-state index contributed by atoms with van der Waals surface area (Å²) in [4.78, 5) is 12.4. The standard InChI is InChI=1S/C17H12O.2C5H5.2Fe/c18-17(14-9-2-1-3-10-14)16-12-6-11-15(16)13-7-4-5-8-13;2*1-2-4-5-3-1;;/h1-12H;2*1-5H;;/q-2;2*-1;2*+2. The third kappa shape index (κ3) is 7.63. The van der Waals surface area contributed by atoms with Gasteiger partial charge in [0.25, 0.3) is 0 Å². The summed E-state index contributed by atoms with van der Waals surface area (Å²) in [7, 11) is 0. The Morgan fingerprint density at radius 2 is 1.13 bits per heavy atom. The van der Waals surface area contributed by atoms with Crippen LogP contribution in [0.2, 0.25) is 0 Å². The Bertz CT molecular complexity index is 945. The van der Waals surface area contributed by atoms with E-state index in [-0.39, 0.29) is 39.9 Å². The molecule has 0 aliphatic carbocycles. The normalized spacial score (nSPS) is 8.93. The van der Waals surface area contributed by atoms with Gasteiger partial charge in [0.15, 0.2) is 0 Å². The van der Waals surface area contributed by atoms with Gasteiger partial charge in [0.1, 0.15) is 5.78 Å². The van der Waals surface area contributed by atoms with Gasteiger partial charge in [-0.1, -0.05) is 30.3 Å². The average molecular weight is 474 g/mol. The molecule has 5 aromatic carbocycles. The van der Waals surface area contributed by atoms with Crippen molar-refractivity contribution in [2.24, 2.45) is 0 Å². The number of carbonyl (C=O) groups excluding carboxylic acids is 1. The van der Waals surface area contributed by atoms with Crippen molar-refractivity contribution in [2.45, 2.75) is 0 Å². The van der Waals surface area contributed by atoms with Gasteiger partial charge < -0.3 is 4.79 Å². The molecule has 5 rings (SSSR count). The second kappa shape index (κ2) is 14.3. The SMILES string of the molecule is O=C(c1ccccc1)c1ccc[c-]1-[c-]1cccc1.[Fe+2].[Fe+2].c1cc[cH-]c1.c1cc[cH-]c1. The number of ketones is 1. The van der Waals surface area contributed by atoms with Crippen molar-refractivity contribution in [2.75, 3.05) is 0 Å². The molecule has 0 aliphatic rings. The molecule has 3 heteroatoms. The van der Waals surface area contributed by atoms with Gasteiger partial charge in [0.05, 0.1) is 0 Å². The van der Waals surface area contributed by atoms with Crippen LogP contribution in [-0.4, -0.2) is 5.78 Å². The zero-order valence-corrected chi connectivity index (χ0v) is 18.5. The number of hydrogen-bond acceptors (Lipinski definition) is 1. The predicted octanol–water partition coefficient (Wildman–Crippen LogP) is 6.83. The van der Waals surface area contributed by atoms with Crippen molar-refractivity contribution in [3.05, 3.63) is 145 Å². The number of rotatable bonds is 3. The minimum atomic E-state index is 0. The van der Waals surface area contributed by atoms with Crippen LogP contribution in [0.4, 0.5) is 0 Å². The largest absolute Gasteiger partial charge is 2.00 e. The molecule has 0 heterocycles. The van der Waals surface area contributed by atoms with Gasteiger partial charge >= 0.3 is 34.1 Å². The summed E-state index contributed by atoms with van der Waals surface area (Å²) in [5.74, 6) is 0.0804. The zero-order chi connectivity index (χ0) is 19.4. The van der Waals surface area contributed by atoms with Gasteiger partial charge in [-0.15, -0.1) is 5.56 Å². The van der Waals surface area contributed by atoms with E-state index >= 15 is 0 Å². The van der Waals surface area contributed by atoms with E-state index < -0.39 is 0 Å². The predicted molar refractivity (Wildman–Crippen MR) is 117 cm³/mol. The van der Waals surface area contributed by atoms with Crippen LogP contribution >= 0.6 is 0 Å². The van der Waals surface area contributed by atoms with E-state index in [1.165, 1.54) is 0 Å². The molecular weight excluding hydrogens is 452 g/mol. The molecule has 0 atom stereocenters. The first-order chi connectivity index (χ1) is 13.9. The van der Waals surface area contributed by atoms with Gasteiger partial charge in [-0.25, -0.2) is 24.3 Å². The minimum absolute atomic E-state index is 0. The molecule has 30 heavy (non-hydrogen) atoms. The maximum atomic E-state index is 12.4. The molecule has 0 fully saturated rings. The van der Waals surface area contributed by atoms with Crippen molar-refractivity contribution in [3.63, 3.8) is 0 Å². The maximum Gasteiger partial charge on any atom is 2.00 e. The summed E-state index contributed by atoms with van der Waals surface area (Å²) in [6.07, 6.45) is 0. The fourth-order valence-corrected chi connectivity index (χ4v) is 2.81. The monoisotopic (exact) mass is 474 g/mol. The molecule has 0 radical (unpaired) electrons. The van der Waals surface area contributed by atoms with E-state index in [0.717, 1.165) is 22.3 Å². The molecule has 0 saturated heterocycles. The summed E-state index contributed by atoms with van der Waals surface area (Å²) in [6, 6.07) is 43.2.